The minimum absolute atomic E-state index is 0. The molecule has 4 rings (SSSR count). The van der Waals surface area contributed by atoms with Gasteiger partial charge in [-0.2, -0.15) is 0 Å². The third-order valence-electron chi connectivity index (χ3n) is 5.55. The number of aromatic nitrogens is 1. The average Bonchev–Trinajstić information content (AvgIpc) is 3.24. The number of benzene rings is 1. The number of fused-ring (bicyclic) bond motifs is 2. The molecular formula is C23H28BrN3O2. The van der Waals surface area contributed by atoms with Crippen LogP contribution in [0.5, 0.6) is 5.75 Å². The van der Waals surface area contributed by atoms with Crippen LogP contribution in [-0.2, 0) is 24.8 Å². The van der Waals surface area contributed by atoms with Crippen molar-refractivity contribution in [2.45, 2.75) is 52.5 Å². The number of pyridine rings is 1. The Balaban J connectivity index is 0.00000240. The highest BCUT2D eigenvalue weighted by atomic mass is 79.9. The molecule has 1 aromatic carbocycles. The Labute approximate surface area is 182 Å². The molecule has 0 radical (unpaired) electrons. The van der Waals surface area contributed by atoms with Crippen molar-refractivity contribution in [1.29, 1.82) is 5.41 Å². The van der Waals surface area contributed by atoms with Crippen LogP contribution < -0.4 is 4.74 Å². The number of aryl methyl sites for hydroxylation is 1. The topological polar surface area (TPSA) is 66.3 Å². The molecule has 0 bridgehead atoms. The molecule has 0 atom stereocenters. The second-order valence-electron chi connectivity index (χ2n) is 8.65. The van der Waals surface area contributed by atoms with Gasteiger partial charge in [0.2, 0.25) is 0 Å². The lowest BCUT2D eigenvalue weighted by Crippen LogP contribution is -2.30. The first-order valence-electron chi connectivity index (χ1n) is 9.94. The van der Waals surface area contributed by atoms with Crippen LogP contribution >= 0.6 is 17.0 Å². The molecule has 0 fully saturated rings. The van der Waals surface area contributed by atoms with Gasteiger partial charge in [-0.15, -0.1) is 17.0 Å². The SMILES string of the molecule is Br.CCc1ccc2c(n1)C(=N)N(CC(=O)c1cc3c(c(C(C)(C)C)c1)OCC3)C2. The number of hydrogen-bond donors (Lipinski definition) is 1. The molecule has 0 unspecified atom stereocenters. The number of amidine groups is 1. The zero-order chi connectivity index (χ0) is 20.1. The Hall–Kier alpha value is -2.21. The Bertz CT molecular complexity index is 979. The summed E-state index contributed by atoms with van der Waals surface area (Å²) in [7, 11) is 0. The van der Waals surface area contributed by atoms with Gasteiger partial charge in [0, 0.05) is 35.3 Å². The molecule has 0 amide bonds. The molecule has 2 aromatic rings. The highest BCUT2D eigenvalue weighted by molar-refractivity contribution is 8.93. The smallest absolute Gasteiger partial charge is 0.182 e. The normalized spacial score (nSPS) is 14.9. The fourth-order valence-electron chi connectivity index (χ4n) is 3.92. The summed E-state index contributed by atoms with van der Waals surface area (Å²) in [4.78, 5) is 19.5. The van der Waals surface area contributed by atoms with Crippen LogP contribution in [0.3, 0.4) is 0 Å². The molecule has 1 aromatic heterocycles. The lowest BCUT2D eigenvalue weighted by molar-refractivity contribution is 0.0962. The second-order valence-corrected chi connectivity index (χ2v) is 8.65. The van der Waals surface area contributed by atoms with E-state index in [1.165, 1.54) is 0 Å². The third kappa shape index (κ3) is 3.95. The van der Waals surface area contributed by atoms with Gasteiger partial charge >= 0.3 is 0 Å². The quantitative estimate of drug-likeness (QED) is 0.687. The van der Waals surface area contributed by atoms with Crippen molar-refractivity contribution in [3.8, 4) is 5.75 Å². The van der Waals surface area contributed by atoms with Crippen LogP contribution in [0.15, 0.2) is 24.3 Å². The lowest BCUT2D eigenvalue weighted by Gasteiger charge is -2.23. The number of carbonyl (C=O) groups excluding carboxylic acids is 1. The second kappa shape index (κ2) is 7.90. The average molecular weight is 458 g/mol. The minimum Gasteiger partial charge on any atom is -0.493 e. The van der Waals surface area contributed by atoms with E-state index in [2.05, 4.69) is 32.7 Å². The fraction of sp³-hybridized carbons (Fsp3) is 0.435. The summed E-state index contributed by atoms with van der Waals surface area (Å²) in [5, 5.41) is 8.47. The molecule has 0 spiro atoms. The number of nitrogens with one attached hydrogen (secondary N) is 1. The van der Waals surface area contributed by atoms with Crippen LogP contribution in [0.25, 0.3) is 0 Å². The van der Waals surface area contributed by atoms with Gasteiger partial charge in [0.15, 0.2) is 5.78 Å². The van der Waals surface area contributed by atoms with E-state index in [4.69, 9.17) is 10.1 Å². The number of carbonyl (C=O) groups is 1. The van der Waals surface area contributed by atoms with Gasteiger partial charge in [0.05, 0.1) is 13.2 Å². The van der Waals surface area contributed by atoms with Gasteiger partial charge < -0.3 is 9.64 Å². The molecular weight excluding hydrogens is 430 g/mol. The van der Waals surface area contributed by atoms with E-state index in [-0.39, 0.29) is 34.7 Å². The molecule has 1 N–H and O–H groups in total. The van der Waals surface area contributed by atoms with Crippen LogP contribution in [0, 0.1) is 5.41 Å². The first-order valence-corrected chi connectivity index (χ1v) is 9.94. The van der Waals surface area contributed by atoms with E-state index in [9.17, 15) is 4.79 Å². The Morgan fingerprint density at radius 2 is 2.00 bits per heavy atom. The number of rotatable bonds is 4. The predicted molar refractivity (Wildman–Crippen MR) is 120 cm³/mol. The molecule has 2 aliphatic heterocycles. The summed E-state index contributed by atoms with van der Waals surface area (Å²) >= 11 is 0. The predicted octanol–water partition coefficient (Wildman–Crippen LogP) is 4.48. The maximum absolute atomic E-state index is 13.1. The van der Waals surface area contributed by atoms with Crippen molar-refractivity contribution in [3.63, 3.8) is 0 Å². The maximum atomic E-state index is 13.1. The van der Waals surface area contributed by atoms with Gasteiger partial charge in [-0.1, -0.05) is 33.8 Å². The summed E-state index contributed by atoms with van der Waals surface area (Å²) in [6.07, 6.45) is 1.68. The number of Topliss-reactive ketones (excluding diaryl/α,β-unsaturated/α-hetero) is 1. The minimum atomic E-state index is -0.0955. The molecule has 5 nitrogen and oxygen atoms in total. The Morgan fingerprint density at radius 1 is 1.24 bits per heavy atom. The third-order valence-corrected chi connectivity index (χ3v) is 5.55. The van der Waals surface area contributed by atoms with Gasteiger partial charge in [-0.25, -0.2) is 4.98 Å². The van der Waals surface area contributed by atoms with Crippen molar-refractivity contribution >= 4 is 28.6 Å². The molecule has 154 valence electrons. The van der Waals surface area contributed by atoms with Crippen molar-refractivity contribution < 1.29 is 9.53 Å². The van der Waals surface area contributed by atoms with Crippen molar-refractivity contribution in [1.82, 2.24) is 9.88 Å². The number of ether oxygens (including phenoxy) is 1. The molecule has 3 heterocycles. The highest BCUT2D eigenvalue weighted by Crippen LogP contribution is 2.38. The van der Waals surface area contributed by atoms with E-state index in [1.54, 1.807) is 0 Å². The maximum Gasteiger partial charge on any atom is 0.182 e. The number of halogens is 1. The van der Waals surface area contributed by atoms with E-state index < -0.39 is 0 Å². The summed E-state index contributed by atoms with van der Waals surface area (Å²) in [6.45, 7) is 9.91. The van der Waals surface area contributed by atoms with Crippen LogP contribution in [-0.4, -0.2) is 34.7 Å². The molecule has 6 heteroatoms. The Morgan fingerprint density at radius 3 is 2.69 bits per heavy atom. The standard InChI is InChI=1S/C23H27N3O2.BrH/c1-5-17-7-6-15-12-26(22(24)20(15)25-17)13-19(27)16-10-14-8-9-28-21(14)18(11-16)23(2,3)4;/h6-7,10-11,24H,5,8-9,12-13H2,1-4H3;1H. The van der Waals surface area contributed by atoms with Crippen molar-refractivity contribution in [2.24, 2.45) is 0 Å². The van der Waals surface area contributed by atoms with Crippen LogP contribution in [0.4, 0.5) is 0 Å². The van der Waals surface area contributed by atoms with Gasteiger partial charge in [-0.05, 0) is 35.6 Å². The lowest BCUT2D eigenvalue weighted by atomic mass is 9.83. The monoisotopic (exact) mass is 457 g/mol. The number of hydrogen-bond acceptors (Lipinski definition) is 4. The Kier molecular flexibility index (Phi) is 5.86. The van der Waals surface area contributed by atoms with E-state index >= 15 is 0 Å². The largest absolute Gasteiger partial charge is 0.493 e. The van der Waals surface area contributed by atoms with Crippen LogP contribution in [0.2, 0.25) is 0 Å². The van der Waals surface area contributed by atoms with Crippen molar-refractivity contribution in [2.75, 3.05) is 13.2 Å². The van der Waals surface area contributed by atoms with Crippen LogP contribution in [0.1, 0.15) is 66.1 Å². The number of ketones is 1. The number of nitrogens with zero attached hydrogens (tertiary/aromatic N) is 2. The summed E-state index contributed by atoms with van der Waals surface area (Å²) in [6, 6.07) is 7.99. The van der Waals surface area contributed by atoms with E-state index in [0.29, 0.717) is 30.2 Å². The first-order chi connectivity index (χ1) is 13.3. The molecule has 2 aliphatic rings. The van der Waals surface area contributed by atoms with Gasteiger partial charge in [0.1, 0.15) is 17.3 Å². The molecule has 0 saturated heterocycles. The van der Waals surface area contributed by atoms with Crippen molar-refractivity contribution in [3.05, 3.63) is 57.9 Å². The van der Waals surface area contributed by atoms with E-state index in [0.717, 1.165) is 41.0 Å². The summed E-state index contributed by atoms with van der Waals surface area (Å²) in [5.74, 6) is 1.33. The van der Waals surface area contributed by atoms with Gasteiger partial charge in [-0.3, -0.25) is 10.2 Å². The summed E-state index contributed by atoms with van der Waals surface area (Å²) < 4.78 is 5.84. The summed E-state index contributed by atoms with van der Waals surface area (Å²) in [5.41, 5.74) is 5.52. The zero-order valence-corrected chi connectivity index (χ0v) is 19.2. The molecule has 29 heavy (non-hydrogen) atoms. The van der Waals surface area contributed by atoms with Gasteiger partial charge in [0.25, 0.3) is 0 Å². The fourth-order valence-corrected chi connectivity index (χ4v) is 3.92. The molecule has 0 saturated carbocycles. The first kappa shape index (κ1) is 21.5. The van der Waals surface area contributed by atoms with E-state index in [1.807, 2.05) is 29.2 Å². The highest BCUT2D eigenvalue weighted by Gasteiger charge is 2.30. The molecule has 0 aliphatic carbocycles. The zero-order valence-electron chi connectivity index (χ0n) is 17.5.